The number of carbonyl (C=O) groups excluding carboxylic acids is 1. The first-order chi connectivity index (χ1) is 19.3. The van der Waals surface area contributed by atoms with E-state index in [9.17, 15) is 4.79 Å². The summed E-state index contributed by atoms with van der Waals surface area (Å²) in [5.74, 6) is 0.830. The van der Waals surface area contributed by atoms with E-state index in [1.165, 1.54) is 16.7 Å². The van der Waals surface area contributed by atoms with E-state index in [0.29, 0.717) is 24.6 Å². The van der Waals surface area contributed by atoms with Gasteiger partial charge in [0, 0.05) is 35.6 Å². The largest absolute Gasteiger partial charge is 0.475 e. The number of H-pyrrole nitrogens is 1. The number of nitrogens with one attached hydrogen (secondary N) is 2. The summed E-state index contributed by atoms with van der Waals surface area (Å²) in [4.78, 5) is 19.8. The van der Waals surface area contributed by atoms with Crippen LogP contribution in [0.2, 0.25) is 0 Å². The third-order valence-corrected chi connectivity index (χ3v) is 8.55. The molecule has 5 rings (SSSR count). The van der Waals surface area contributed by atoms with Gasteiger partial charge in [-0.25, -0.2) is 0 Å². The molecule has 2 bridgehead atoms. The number of benzene rings is 1. The lowest BCUT2D eigenvalue weighted by atomic mass is 9.92. The van der Waals surface area contributed by atoms with E-state index in [2.05, 4.69) is 69.6 Å². The summed E-state index contributed by atoms with van der Waals surface area (Å²) >= 11 is 0. The fourth-order valence-corrected chi connectivity index (χ4v) is 6.43. The summed E-state index contributed by atoms with van der Waals surface area (Å²) in [6.45, 7) is 10.4. The number of hydrogen-bond acceptors (Lipinski definition) is 5. The predicted molar refractivity (Wildman–Crippen MR) is 159 cm³/mol. The Morgan fingerprint density at radius 2 is 1.68 bits per heavy atom. The molecule has 2 aliphatic rings. The Hall–Kier alpha value is -3.19. The number of ether oxygens (including phenoxy) is 1. The molecule has 4 heterocycles. The first-order valence-corrected chi connectivity index (χ1v) is 15.0. The molecule has 3 aromatic rings. The maximum Gasteiger partial charge on any atom is 0.236 e. The average Bonchev–Trinajstić information content (AvgIpc) is 3.65. The number of amides is 1. The lowest BCUT2D eigenvalue weighted by Gasteiger charge is -2.32. The number of aryl methyl sites for hydroxylation is 3. The smallest absolute Gasteiger partial charge is 0.236 e. The molecule has 2 saturated heterocycles. The Bertz CT molecular complexity index is 1240. The van der Waals surface area contributed by atoms with Crippen LogP contribution >= 0.6 is 0 Å². The summed E-state index contributed by atoms with van der Waals surface area (Å²) < 4.78 is 6.36. The minimum atomic E-state index is -0.603. The van der Waals surface area contributed by atoms with Crippen molar-refractivity contribution in [1.82, 2.24) is 25.4 Å². The summed E-state index contributed by atoms with van der Waals surface area (Å²) in [6, 6.07) is 11.6. The molecule has 7 heteroatoms. The number of unbranched alkanes of at least 4 members (excludes halogenated alkanes) is 1. The Kier molecular flexibility index (Phi) is 8.89. The Morgan fingerprint density at radius 1 is 1.00 bits per heavy atom. The fourth-order valence-electron chi connectivity index (χ4n) is 6.43. The highest BCUT2D eigenvalue weighted by Gasteiger charge is 2.46. The van der Waals surface area contributed by atoms with Gasteiger partial charge in [0.15, 0.2) is 0 Å². The molecular weight excluding hydrogens is 498 g/mol. The second-order valence-electron chi connectivity index (χ2n) is 12.4. The van der Waals surface area contributed by atoms with Crippen LogP contribution in [-0.2, 0) is 17.6 Å². The molecule has 0 radical (unpaired) electrons. The second kappa shape index (κ2) is 12.5. The number of rotatable bonds is 13. The number of carbonyl (C=O) groups is 1. The average molecular weight is 544 g/mol. The first kappa shape index (κ1) is 28.3. The molecule has 0 spiro atoms. The van der Waals surface area contributed by atoms with Gasteiger partial charge in [-0.05, 0) is 122 Å². The Labute approximate surface area is 239 Å². The van der Waals surface area contributed by atoms with E-state index >= 15 is 0 Å². The normalized spacial score (nSPS) is 18.4. The molecule has 40 heavy (non-hydrogen) atoms. The molecule has 2 N–H and O–H groups in total. The molecular formula is C33H45N5O2. The number of aromatic nitrogens is 3. The predicted octanol–water partition coefficient (Wildman–Crippen LogP) is 5.80. The minimum Gasteiger partial charge on any atom is -0.475 e. The quantitative estimate of drug-likeness (QED) is 0.266. The zero-order valence-electron chi connectivity index (χ0n) is 24.6. The van der Waals surface area contributed by atoms with Gasteiger partial charge in [-0.1, -0.05) is 17.2 Å². The Balaban J connectivity index is 1.22. The van der Waals surface area contributed by atoms with Crippen molar-refractivity contribution in [3.8, 4) is 17.1 Å². The van der Waals surface area contributed by atoms with Gasteiger partial charge < -0.3 is 15.0 Å². The molecule has 0 saturated carbocycles. The van der Waals surface area contributed by atoms with Gasteiger partial charge in [0.1, 0.15) is 6.61 Å². The lowest BCUT2D eigenvalue weighted by Crippen LogP contribution is -2.46. The van der Waals surface area contributed by atoms with Crippen LogP contribution < -0.4 is 10.1 Å². The SMILES string of the molecule is Cc1cc(C)cc(-c2[nH]nc(OCC(C)(C)C(=O)N3C4CCC3CC4)c2CCNCCCCc2ccncc2)c1. The summed E-state index contributed by atoms with van der Waals surface area (Å²) in [6.07, 6.45) is 12.4. The topological polar surface area (TPSA) is 83.1 Å². The minimum absolute atomic E-state index is 0.220. The van der Waals surface area contributed by atoms with Crippen LogP contribution in [-0.4, -0.2) is 57.8 Å². The van der Waals surface area contributed by atoms with Crippen molar-refractivity contribution in [3.63, 3.8) is 0 Å². The third kappa shape index (κ3) is 6.57. The Morgan fingerprint density at radius 3 is 2.35 bits per heavy atom. The maximum atomic E-state index is 13.5. The molecule has 2 fully saturated rings. The number of hydrogen-bond donors (Lipinski definition) is 2. The van der Waals surface area contributed by atoms with E-state index in [1.54, 1.807) is 0 Å². The summed E-state index contributed by atoms with van der Waals surface area (Å²) in [7, 11) is 0. The van der Waals surface area contributed by atoms with Crippen LogP contribution in [0.15, 0.2) is 42.7 Å². The molecule has 1 amide bonds. The van der Waals surface area contributed by atoms with Crippen molar-refractivity contribution < 1.29 is 9.53 Å². The van der Waals surface area contributed by atoms with Gasteiger partial charge in [-0.15, -0.1) is 5.10 Å². The van der Waals surface area contributed by atoms with E-state index in [0.717, 1.165) is 81.3 Å². The highest BCUT2D eigenvalue weighted by molar-refractivity contribution is 5.83. The molecule has 0 aliphatic carbocycles. The van der Waals surface area contributed by atoms with Gasteiger partial charge in [0.2, 0.25) is 11.8 Å². The molecule has 7 nitrogen and oxygen atoms in total. The van der Waals surface area contributed by atoms with Crippen molar-refractivity contribution in [3.05, 3.63) is 65.0 Å². The van der Waals surface area contributed by atoms with E-state index in [4.69, 9.17) is 4.74 Å². The van der Waals surface area contributed by atoms with Gasteiger partial charge in [-0.2, -0.15) is 0 Å². The van der Waals surface area contributed by atoms with Gasteiger partial charge in [0.05, 0.1) is 11.1 Å². The third-order valence-electron chi connectivity index (χ3n) is 8.55. The molecule has 1 aromatic carbocycles. The fraction of sp³-hybridized carbons (Fsp3) is 0.545. The summed E-state index contributed by atoms with van der Waals surface area (Å²) in [5, 5.41) is 11.5. The maximum absolute atomic E-state index is 13.5. The number of pyridine rings is 1. The molecule has 2 aromatic heterocycles. The van der Waals surface area contributed by atoms with E-state index in [-0.39, 0.29) is 5.91 Å². The zero-order valence-corrected chi connectivity index (χ0v) is 24.6. The standard InChI is InChI=1S/C33H45N5O2/c1-23-19-24(2)21-26(20-23)30-29(14-18-34-15-6-5-7-25-12-16-35-17-13-25)31(37-36-30)40-22-33(3,4)32(39)38-27-8-9-28(38)11-10-27/h12-13,16-17,19-21,27-28,34H,5-11,14-15,18,22H2,1-4H3,(H,36,37). The highest BCUT2D eigenvalue weighted by atomic mass is 16.5. The van der Waals surface area contributed by atoms with Crippen molar-refractivity contribution in [2.75, 3.05) is 19.7 Å². The first-order valence-electron chi connectivity index (χ1n) is 15.0. The van der Waals surface area contributed by atoms with Crippen LogP contribution in [0, 0.1) is 19.3 Å². The number of aromatic amines is 1. The van der Waals surface area contributed by atoms with Gasteiger partial charge in [0.25, 0.3) is 0 Å². The molecule has 0 atom stereocenters. The lowest BCUT2D eigenvalue weighted by molar-refractivity contribution is -0.143. The summed E-state index contributed by atoms with van der Waals surface area (Å²) in [5.41, 5.74) is 6.37. The van der Waals surface area contributed by atoms with Crippen LogP contribution in [0.1, 0.15) is 74.6 Å². The van der Waals surface area contributed by atoms with E-state index < -0.39 is 5.41 Å². The molecule has 0 unspecified atom stereocenters. The van der Waals surface area contributed by atoms with Crippen LogP contribution in [0.25, 0.3) is 11.3 Å². The van der Waals surface area contributed by atoms with Gasteiger partial charge in [-0.3, -0.25) is 14.9 Å². The van der Waals surface area contributed by atoms with Crippen molar-refractivity contribution >= 4 is 5.91 Å². The number of nitrogens with zero attached hydrogens (tertiary/aromatic N) is 3. The second-order valence-corrected chi connectivity index (χ2v) is 12.4. The van der Waals surface area contributed by atoms with Crippen molar-refractivity contribution in [2.24, 2.45) is 5.41 Å². The van der Waals surface area contributed by atoms with Crippen LogP contribution in [0.4, 0.5) is 0 Å². The molecule has 214 valence electrons. The molecule has 2 aliphatic heterocycles. The van der Waals surface area contributed by atoms with Crippen molar-refractivity contribution in [2.45, 2.75) is 91.1 Å². The van der Waals surface area contributed by atoms with Crippen LogP contribution in [0.3, 0.4) is 0 Å². The van der Waals surface area contributed by atoms with Crippen molar-refractivity contribution in [1.29, 1.82) is 0 Å². The van der Waals surface area contributed by atoms with E-state index in [1.807, 2.05) is 26.2 Å². The van der Waals surface area contributed by atoms with Crippen LogP contribution in [0.5, 0.6) is 5.88 Å². The number of fused-ring (bicyclic) bond motifs is 2. The van der Waals surface area contributed by atoms with Gasteiger partial charge >= 0.3 is 0 Å². The highest BCUT2D eigenvalue weighted by Crippen LogP contribution is 2.40. The monoisotopic (exact) mass is 543 g/mol. The zero-order chi connectivity index (χ0) is 28.1.